The number of halogens is 2. The molecule has 0 unspecified atom stereocenters. The molecule has 0 bridgehead atoms. The van der Waals surface area contributed by atoms with Crippen LogP contribution in [0.2, 0.25) is 0 Å². The van der Waals surface area contributed by atoms with Crippen molar-refractivity contribution in [1.29, 1.82) is 0 Å². The van der Waals surface area contributed by atoms with Crippen LogP contribution < -0.4 is 5.32 Å². The Morgan fingerprint density at radius 3 is 2.53 bits per heavy atom. The molecule has 0 radical (unpaired) electrons. The number of carbonyl (C=O) groups excluding carboxylic acids is 1. The van der Waals surface area contributed by atoms with Gasteiger partial charge in [0.05, 0.1) is 4.47 Å². The number of carbonyl (C=O) groups is 2. The first-order valence-corrected chi connectivity index (χ1v) is 6.66. The Morgan fingerprint density at radius 1 is 1.42 bits per heavy atom. The Bertz CT molecular complexity index is 555. The van der Waals surface area contributed by atoms with Gasteiger partial charge in [0, 0.05) is 5.69 Å². The third-order valence-corrected chi connectivity index (χ3v) is 4.17. The SMILES string of the molecule is Cc1cc(Br)c(F)cc1NC(=O)C1(C(=O)O)CCC1. The molecule has 0 heterocycles. The van der Waals surface area contributed by atoms with E-state index < -0.39 is 23.1 Å². The van der Waals surface area contributed by atoms with Crippen LogP contribution in [0.4, 0.5) is 10.1 Å². The standard InChI is InChI=1S/C13H13BrFNO3/c1-7-5-8(14)9(15)6-10(7)16-11(17)13(12(18)19)3-2-4-13/h5-6H,2-4H2,1H3,(H,16,17)(H,18,19). The highest BCUT2D eigenvalue weighted by Gasteiger charge is 2.51. The second kappa shape index (κ2) is 4.92. The third-order valence-electron chi connectivity index (χ3n) is 3.57. The number of amides is 1. The Morgan fingerprint density at radius 2 is 2.05 bits per heavy atom. The maximum absolute atomic E-state index is 13.4. The topological polar surface area (TPSA) is 66.4 Å². The fourth-order valence-electron chi connectivity index (χ4n) is 2.09. The lowest BCUT2D eigenvalue weighted by Gasteiger charge is -2.35. The fraction of sp³-hybridized carbons (Fsp3) is 0.385. The molecule has 0 aromatic heterocycles. The lowest BCUT2D eigenvalue weighted by atomic mass is 9.68. The number of hydrogen-bond donors (Lipinski definition) is 2. The van der Waals surface area contributed by atoms with Crippen molar-refractivity contribution in [3.05, 3.63) is 28.0 Å². The quantitative estimate of drug-likeness (QED) is 0.837. The molecule has 1 aliphatic carbocycles. The summed E-state index contributed by atoms with van der Waals surface area (Å²) in [5, 5.41) is 11.7. The normalized spacial score (nSPS) is 16.6. The largest absolute Gasteiger partial charge is 0.480 e. The van der Waals surface area contributed by atoms with E-state index in [0.717, 1.165) is 0 Å². The second-order valence-electron chi connectivity index (χ2n) is 4.78. The maximum Gasteiger partial charge on any atom is 0.319 e. The first-order valence-electron chi connectivity index (χ1n) is 5.87. The summed E-state index contributed by atoms with van der Waals surface area (Å²) in [6, 6.07) is 2.73. The molecular formula is C13H13BrFNO3. The lowest BCUT2D eigenvalue weighted by molar-refractivity contribution is -0.159. The molecular weight excluding hydrogens is 317 g/mol. The Kier molecular flexibility index (Phi) is 3.62. The number of carboxylic acids is 1. The molecule has 102 valence electrons. The van der Waals surface area contributed by atoms with E-state index in [1.807, 2.05) is 0 Å². The van der Waals surface area contributed by atoms with Crippen molar-refractivity contribution in [3.8, 4) is 0 Å². The highest BCUT2D eigenvalue weighted by molar-refractivity contribution is 9.10. The van der Waals surface area contributed by atoms with Crippen molar-refractivity contribution in [3.63, 3.8) is 0 Å². The summed E-state index contributed by atoms with van der Waals surface area (Å²) < 4.78 is 13.8. The smallest absolute Gasteiger partial charge is 0.319 e. The van der Waals surface area contributed by atoms with Gasteiger partial charge in [-0.15, -0.1) is 0 Å². The molecule has 4 nitrogen and oxygen atoms in total. The minimum atomic E-state index is -1.35. The second-order valence-corrected chi connectivity index (χ2v) is 5.63. The predicted molar refractivity (Wildman–Crippen MR) is 71.4 cm³/mol. The maximum atomic E-state index is 13.4. The summed E-state index contributed by atoms with van der Waals surface area (Å²) in [4.78, 5) is 23.3. The van der Waals surface area contributed by atoms with Crippen molar-refractivity contribution in [2.75, 3.05) is 5.32 Å². The van der Waals surface area contributed by atoms with Gasteiger partial charge in [0.2, 0.25) is 5.91 Å². The van der Waals surface area contributed by atoms with Gasteiger partial charge in [-0.2, -0.15) is 0 Å². The van der Waals surface area contributed by atoms with Crippen LogP contribution in [-0.4, -0.2) is 17.0 Å². The molecule has 1 saturated carbocycles. The molecule has 6 heteroatoms. The molecule has 0 saturated heterocycles. The van der Waals surface area contributed by atoms with Crippen LogP contribution in [0.1, 0.15) is 24.8 Å². The van der Waals surface area contributed by atoms with Gasteiger partial charge in [-0.1, -0.05) is 6.42 Å². The zero-order valence-electron chi connectivity index (χ0n) is 10.3. The first kappa shape index (κ1) is 14.0. The van der Waals surface area contributed by atoms with Gasteiger partial charge in [-0.3, -0.25) is 9.59 Å². The molecule has 0 atom stereocenters. The number of aryl methyl sites for hydroxylation is 1. The van der Waals surface area contributed by atoms with Crippen LogP contribution >= 0.6 is 15.9 Å². The van der Waals surface area contributed by atoms with Crippen molar-refractivity contribution < 1.29 is 19.1 Å². The Balaban J connectivity index is 2.24. The highest BCUT2D eigenvalue weighted by Crippen LogP contribution is 2.42. The van der Waals surface area contributed by atoms with E-state index in [-0.39, 0.29) is 0 Å². The molecule has 19 heavy (non-hydrogen) atoms. The van der Waals surface area contributed by atoms with Crippen molar-refractivity contribution >= 4 is 33.5 Å². The molecule has 1 amide bonds. The summed E-state index contributed by atoms with van der Waals surface area (Å²) in [6.45, 7) is 1.72. The molecule has 1 fully saturated rings. The van der Waals surface area contributed by atoms with Crippen molar-refractivity contribution in [2.24, 2.45) is 5.41 Å². The third kappa shape index (κ3) is 2.36. The van der Waals surface area contributed by atoms with Crippen LogP contribution in [0, 0.1) is 18.2 Å². The number of anilines is 1. The van der Waals surface area contributed by atoms with Crippen LogP contribution in [0.15, 0.2) is 16.6 Å². The van der Waals surface area contributed by atoms with Gasteiger partial charge in [-0.25, -0.2) is 4.39 Å². The van der Waals surface area contributed by atoms with Gasteiger partial charge >= 0.3 is 5.97 Å². The van der Waals surface area contributed by atoms with Gasteiger partial charge < -0.3 is 10.4 Å². The minimum Gasteiger partial charge on any atom is -0.480 e. The summed E-state index contributed by atoms with van der Waals surface area (Å²) in [5.74, 6) is -2.19. The molecule has 0 spiro atoms. The lowest BCUT2D eigenvalue weighted by Crippen LogP contribution is -2.48. The Hall–Kier alpha value is -1.43. The zero-order chi connectivity index (χ0) is 14.2. The van der Waals surface area contributed by atoms with Crippen LogP contribution in [0.25, 0.3) is 0 Å². The van der Waals surface area contributed by atoms with Gasteiger partial charge in [0.15, 0.2) is 0 Å². The van der Waals surface area contributed by atoms with Crippen LogP contribution in [0.5, 0.6) is 0 Å². The van der Waals surface area contributed by atoms with Crippen LogP contribution in [0.3, 0.4) is 0 Å². The summed E-state index contributed by atoms with van der Waals surface area (Å²) >= 11 is 3.05. The van der Waals surface area contributed by atoms with Gasteiger partial charge in [0.25, 0.3) is 0 Å². The summed E-state index contributed by atoms with van der Waals surface area (Å²) in [5.41, 5.74) is -0.379. The van der Waals surface area contributed by atoms with E-state index in [1.165, 1.54) is 6.07 Å². The van der Waals surface area contributed by atoms with Crippen molar-refractivity contribution in [1.82, 2.24) is 0 Å². The molecule has 1 aromatic carbocycles. The van der Waals surface area contributed by atoms with Crippen molar-refractivity contribution in [2.45, 2.75) is 26.2 Å². The van der Waals surface area contributed by atoms with E-state index in [9.17, 15) is 14.0 Å². The average Bonchev–Trinajstić information content (AvgIpc) is 2.23. The van der Waals surface area contributed by atoms with E-state index in [0.29, 0.717) is 35.0 Å². The molecule has 1 aliphatic rings. The molecule has 1 aromatic rings. The number of carboxylic acid groups (broad SMARTS) is 1. The number of aliphatic carboxylic acids is 1. The van der Waals surface area contributed by atoms with E-state index in [4.69, 9.17) is 5.11 Å². The fourth-order valence-corrected chi connectivity index (χ4v) is 2.55. The van der Waals surface area contributed by atoms with Gasteiger partial charge in [0.1, 0.15) is 11.2 Å². The first-order chi connectivity index (χ1) is 8.86. The summed E-state index contributed by atoms with van der Waals surface area (Å²) in [6.07, 6.45) is 1.37. The van der Waals surface area contributed by atoms with Gasteiger partial charge in [-0.05, 0) is 53.4 Å². The Labute approximate surface area is 118 Å². The van der Waals surface area contributed by atoms with E-state index in [1.54, 1.807) is 13.0 Å². The van der Waals surface area contributed by atoms with E-state index in [2.05, 4.69) is 21.2 Å². The van der Waals surface area contributed by atoms with Crippen LogP contribution in [-0.2, 0) is 9.59 Å². The molecule has 2 N–H and O–H groups in total. The average molecular weight is 330 g/mol. The zero-order valence-corrected chi connectivity index (χ0v) is 11.9. The number of benzene rings is 1. The molecule has 2 rings (SSSR count). The molecule has 0 aliphatic heterocycles. The predicted octanol–water partition coefficient (Wildman–Crippen LogP) is 3.09. The van der Waals surface area contributed by atoms with E-state index >= 15 is 0 Å². The monoisotopic (exact) mass is 329 g/mol. The number of nitrogens with one attached hydrogen (secondary N) is 1. The number of rotatable bonds is 3. The minimum absolute atomic E-state index is 0.304. The highest BCUT2D eigenvalue weighted by atomic mass is 79.9. The summed E-state index contributed by atoms with van der Waals surface area (Å²) in [7, 11) is 0. The number of hydrogen-bond acceptors (Lipinski definition) is 2.